The molecule has 1 aromatic carbocycles. The van der Waals surface area contributed by atoms with Crippen LogP contribution in [-0.4, -0.2) is 56.1 Å². The van der Waals surface area contributed by atoms with Crippen molar-refractivity contribution in [3.63, 3.8) is 0 Å². The molecule has 10 nitrogen and oxygen atoms in total. The van der Waals surface area contributed by atoms with Crippen LogP contribution >= 0.6 is 0 Å². The van der Waals surface area contributed by atoms with E-state index >= 15 is 0 Å². The number of hydrogen-bond acceptors (Lipinski definition) is 8. The number of tetrazole rings is 1. The number of aromatic amines is 1. The van der Waals surface area contributed by atoms with Crippen molar-refractivity contribution in [2.45, 2.75) is 77.6 Å². The fourth-order valence-electron chi connectivity index (χ4n) is 4.92. The van der Waals surface area contributed by atoms with Gasteiger partial charge in [0.15, 0.2) is 17.3 Å². The zero-order chi connectivity index (χ0) is 24.6. The quantitative estimate of drug-likeness (QED) is 0.494. The molecular weight excluding hydrogens is 448 g/mol. The zero-order valence-electron chi connectivity index (χ0n) is 20.9. The molecule has 2 aliphatic rings. The molecule has 35 heavy (non-hydrogen) atoms. The highest BCUT2D eigenvalue weighted by Gasteiger charge is 2.33. The maximum absolute atomic E-state index is 13.1. The summed E-state index contributed by atoms with van der Waals surface area (Å²) in [7, 11) is 0. The van der Waals surface area contributed by atoms with Crippen molar-refractivity contribution in [3.8, 4) is 11.5 Å². The first-order valence-electron chi connectivity index (χ1n) is 12.5. The normalized spacial score (nSPS) is 18.6. The SMILES string of the molecule is CCC(c1nnnn1C(C)(C)CC)N(Cc1cc2cc3c(cc2[nH]c1=O)OCO3)CC1CCCO1. The number of nitrogens with zero attached hydrogens (tertiary/aromatic N) is 5. The molecule has 10 heteroatoms. The Balaban J connectivity index is 1.51. The van der Waals surface area contributed by atoms with Gasteiger partial charge in [0.1, 0.15) is 0 Å². The first kappa shape index (κ1) is 23.7. The van der Waals surface area contributed by atoms with Gasteiger partial charge in [-0.1, -0.05) is 13.8 Å². The minimum Gasteiger partial charge on any atom is -0.454 e. The van der Waals surface area contributed by atoms with E-state index < -0.39 is 0 Å². The smallest absolute Gasteiger partial charge is 0.252 e. The number of rotatable bonds is 9. The van der Waals surface area contributed by atoms with Crippen molar-refractivity contribution in [2.75, 3.05) is 19.9 Å². The topological polar surface area (TPSA) is 107 Å². The maximum atomic E-state index is 13.1. The van der Waals surface area contributed by atoms with E-state index in [-0.39, 0.29) is 30.0 Å². The van der Waals surface area contributed by atoms with Crippen molar-refractivity contribution in [1.82, 2.24) is 30.1 Å². The monoisotopic (exact) mass is 482 g/mol. The summed E-state index contributed by atoms with van der Waals surface area (Å²) in [6.45, 7) is 10.7. The summed E-state index contributed by atoms with van der Waals surface area (Å²) in [5.74, 6) is 2.16. The summed E-state index contributed by atoms with van der Waals surface area (Å²) < 4.78 is 18.9. The van der Waals surface area contributed by atoms with E-state index in [1.54, 1.807) is 0 Å². The lowest BCUT2D eigenvalue weighted by Gasteiger charge is -2.34. The molecule has 188 valence electrons. The molecule has 0 spiro atoms. The summed E-state index contributed by atoms with van der Waals surface area (Å²) in [5, 5.41) is 13.7. The van der Waals surface area contributed by atoms with Crippen LogP contribution in [0.25, 0.3) is 10.9 Å². The van der Waals surface area contributed by atoms with Crippen molar-refractivity contribution in [3.05, 3.63) is 39.9 Å². The van der Waals surface area contributed by atoms with E-state index in [0.29, 0.717) is 30.2 Å². The lowest BCUT2D eigenvalue weighted by atomic mass is 10.0. The van der Waals surface area contributed by atoms with E-state index in [1.165, 1.54) is 0 Å². The predicted molar refractivity (Wildman–Crippen MR) is 131 cm³/mol. The summed E-state index contributed by atoms with van der Waals surface area (Å²) >= 11 is 0. The third-order valence-electron chi connectivity index (χ3n) is 7.31. The Bertz CT molecular complexity index is 1250. The molecular formula is C25H34N6O4. The Labute approximate surface area is 204 Å². The Hall–Kier alpha value is -2.98. The lowest BCUT2D eigenvalue weighted by molar-refractivity contribution is 0.0475. The Morgan fingerprint density at radius 2 is 2.03 bits per heavy atom. The number of ether oxygens (including phenoxy) is 3. The average Bonchev–Trinajstić information content (AvgIpc) is 3.61. The van der Waals surface area contributed by atoms with Crippen LogP contribution in [-0.2, 0) is 16.8 Å². The third kappa shape index (κ3) is 4.64. The average molecular weight is 483 g/mol. The van der Waals surface area contributed by atoms with Crippen LogP contribution in [0, 0.1) is 0 Å². The molecule has 0 aliphatic carbocycles. The van der Waals surface area contributed by atoms with Gasteiger partial charge in [0.25, 0.3) is 5.56 Å². The van der Waals surface area contributed by atoms with Gasteiger partial charge in [0.2, 0.25) is 6.79 Å². The fraction of sp³-hybridized carbons (Fsp3) is 0.600. The molecule has 0 saturated carbocycles. The standard InChI is InChI=1S/C25H34N6O4/c1-5-20(23-27-28-29-31(23)25(3,4)6-2)30(14-18-8-7-9-33-18)13-17-10-16-11-21-22(35-15-34-21)12-19(16)26-24(17)32/h10-12,18,20H,5-9,13-15H2,1-4H3,(H,26,32). The number of pyridine rings is 1. The molecule has 1 N–H and O–H groups in total. The van der Waals surface area contributed by atoms with E-state index in [9.17, 15) is 4.79 Å². The summed E-state index contributed by atoms with van der Waals surface area (Å²) in [5.41, 5.74) is 1.08. The second-order valence-electron chi connectivity index (χ2n) is 10.0. The van der Waals surface area contributed by atoms with Crippen molar-refractivity contribution in [2.24, 2.45) is 0 Å². The molecule has 0 radical (unpaired) electrons. The first-order chi connectivity index (χ1) is 16.9. The number of fused-ring (bicyclic) bond motifs is 2. The summed E-state index contributed by atoms with van der Waals surface area (Å²) in [6.07, 6.45) is 3.89. The van der Waals surface area contributed by atoms with Crippen molar-refractivity contribution >= 4 is 10.9 Å². The van der Waals surface area contributed by atoms with Crippen LogP contribution in [0.4, 0.5) is 0 Å². The minimum atomic E-state index is -0.218. The van der Waals surface area contributed by atoms with Crippen LogP contribution in [0.2, 0.25) is 0 Å². The maximum Gasteiger partial charge on any atom is 0.252 e. The van der Waals surface area contributed by atoms with E-state index in [4.69, 9.17) is 14.2 Å². The van der Waals surface area contributed by atoms with Crippen LogP contribution in [0.5, 0.6) is 11.5 Å². The van der Waals surface area contributed by atoms with Crippen LogP contribution < -0.4 is 15.0 Å². The summed E-state index contributed by atoms with van der Waals surface area (Å²) in [6, 6.07) is 5.63. The van der Waals surface area contributed by atoms with Gasteiger partial charge in [-0.15, -0.1) is 5.10 Å². The fourth-order valence-corrected chi connectivity index (χ4v) is 4.92. The van der Waals surface area contributed by atoms with Gasteiger partial charge in [-0.25, -0.2) is 4.68 Å². The minimum absolute atomic E-state index is 0.0631. The van der Waals surface area contributed by atoms with E-state index in [0.717, 1.165) is 49.0 Å². The molecule has 1 fully saturated rings. The summed E-state index contributed by atoms with van der Waals surface area (Å²) in [4.78, 5) is 18.5. The number of hydrogen-bond donors (Lipinski definition) is 1. The molecule has 3 aromatic rings. The molecule has 2 unspecified atom stereocenters. The number of benzene rings is 1. The molecule has 0 bridgehead atoms. The number of H-pyrrole nitrogens is 1. The van der Waals surface area contributed by atoms with E-state index in [2.05, 4.69) is 53.1 Å². The van der Waals surface area contributed by atoms with Crippen LogP contribution in [0.3, 0.4) is 0 Å². The van der Waals surface area contributed by atoms with Crippen LogP contribution in [0.15, 0.2) is 23.0 Å². The second-order valence-corrected chi connectivity index (χ2v) is 10.0. The first-order valence-corrected chi connectivity index (χ1v) is 12.5. The third-order valence-corrected chi connectivity index (χ3v) is 7.31. The Kier molecular flexibility index (Phi) is 6.50. The van der Waals surface area contributed by atoms with Gasteiger partial charge >= 0.3 is 0 Å². The van der Waals surface area contributed by atoms with Crippen molar-refractivity contribution in [1.29, 1.82) is 0 Å². The highest BCUT2D eigenvalue weighted by Crippen LogP contribution is 2.36. The largest absolute Gasteiger partial charge is 0.454 e. The molecule has 4 heterocycles. The van der Waals surface area contributed by atoms with Crippen LogP contribution in [0.1, 0.15) is 70.8 Å². The zero-order valence-corrected chi connectivity index (χ0v) is 20.9. The molecule has 0 amide bonds. The molecule has 2 atom stereocenters. The van der Waals surface area contributed by atoms with Gasteiger partial charge < -0.3 is 19.2 Å². The Morgan fingerprint density at radius 3 is 2.74 bits per heavy atom. The molecule has 1 saturated heterocycles. The van der Waals surface area contributed by atoms with Gasteiger partial charge in [-0.05, 0) is 62.1 Å². The molecule has 5 rings (SSSR count). The van der Waals surface area contributed by atoms with Crippen molar-refractivity contribution < 1.29 is 14.2 Å². The van der Waals surface area contributed by atoms with Gasteiger partial charge in [-0.2, -0.15) is 0 Å². The second kappa shape index (κ2) is 9.58. The predicted octanol–water partition coefficient (Wildman–Crippen LogP) is 3.52. The van der Waals surface area contributed by atoms with E-state index in [1.807, 2.05) is 22.9 Å². The highest BCUT2D eigenvalue weighted by atomic mass is 16.7. The molecule has 2 aromatic heterocycles. The molecule has 2 aliphatic heterocycles. The number of aromatic nitrogens is 5. The Morgan fingerprint density at radius 1 is 1.23 bits per heavy atom. The number of nitrogens with one attached hydrogen (secondary N) is 1. The van der Waals surface area contributed by atoms with Gasteiger partial charge in [-0.3, -0.25) is 9.69 Å². The van der Waals surface area contributed by atoms with Gasteiger partial charge in [0.05, 0.1) is 23.2 Å². The lowest BCUT2D eigenvalue weighted by Crippen LogP contribution is -2.39. The van der Waals surface area contributed by atoms with Gasteiger partial charge in [0, 0.05) is 36.7 Å². The highest BCUT2D eigenvalue weighted by molar-refractivity contribution is 5.83.